The summed E-state index contributed by atoms with van der Waals surface area (Å²) in [6, 6.07) is -0.634. The van der Waals surface area contributed by atoms with E-state index >= 15 is 0 Å². The molecule has 136 valence electrons. The number of carbonyl (C=O) groups excluding carboxylic acids is 2. The van der Waals surface area contributed by atoms with Crippen LogP contribution in [0.15, 0.2) is 11.8 Å². The minimum absolute atomic E-state index is 0.133. The average Bonchev–Trinajstić information content (AvgIpc) is 3.27. The van der Waals surface area contributed by atoms with Crippen molar-refractivity contribution in [3.63, 3.8) is 0 Å². The summed E-state index contributed by atoms with van der Waals surface area (Å²) in [5.41, 5.74) is -2.72. The number of hydrogen-bond donors (Lipinski definition) is 1. The van der Waals surface area contributed by atoms with E-state index in [4.69, 9.17) is 0 Å². The Morgan fingerprint density at radius 3 is 2.24 bits per heavy atom. The molecule has 0 saturated heterocycles. The second-order valence-corrected chi connectivity index (χ2v) is 5.39. The first-order valence-corrected chi connectivity index (χ1v) is 7.35. The van der Waals surface area contributed by atoms with E-state index in [0.717, 1.165) is 13.1 Å². The molecule has 2 atom stereocenters. The molecule has 1 N–H and O–H groups in total. The van der Waals surface area contributed by atoms with Gasteiger partial charge in [-0.1, -0.05) is 0 Å². The maximum atomic E-state index is 14.0. The van der Waals surface area contributed by atoms with Crippen LogP contribution < -0.4 is 5.32 Å². The Morgan fingerprint density at radius 1 is 1.16 bits per heavy atom. The first-order valence-electron chi connectivity index (χ1n) is 7.35. The summed E-state index contributed by atoms with van der Waals surface area (Å²) in [6.45, 7) is 2.17. The Morgan fingerprint density at radius 2 is 1.72 bits per heavy atom. The van der Waals surface area contributed by atoms with Gasteiger partial charge in [0.05, 0.1) is 18.2 Å². The molecule has 0 unspecified atom stereocenters. The Hall–Kier alpha value is -2.45. The van der Waals surface area contributed by atoms with Crippen molar-refractivity contribution in [3.8, 4) is 0 Å². The van der Waals surface area contributed by atoms with Gasteiger partial charge in [0, 0.05) is 18.2 Å². The van der Waals surface area contributed by atoms with Crippen molar-refractivity contribution in [2.75, 3.05) is 6.61 Å². The van der Waals surface area contributed by atoms with Crippen molar-refractivity contribution in [2.45, 2.75) is 32.5 Å². The molecular weight excluding hydrogens is 349 g/mol. The first kappa shape index (κ1) is 18.9. The molecule has 1 saturated carbocycles. The zero-order valence-electron chi connectivity index (χ0n) is 13.3. The fraction of sp³-hybridized carbons (Fsp3) is 0.375. The van der Waals surface area contributed by atoms with E-state index in [2.05, 4.69) is 10.1 Å². The number of benzene rings is 1. The van der Waals surface area contributed by atoms with E-state index in [1.165, 1.54) is 6.92 Å². The normalized spacial score (nSPS) is 19.6. The van der Waals surface area contributed by atoms with E-state index < -0.39 is 63.9 Å². The molecule has 0 aliphatic heterocycles. The molecule has 4 nitrogen and oxygen atoms in total. The van der Waals surface area contributed by atoms with Crippen LogP contribution in [-0.2, 0) is 9.53 Å². The van der Waals surface area contributed by atoms with Crippen molar-refractivity contribution in [3.05, 3.63) is 46.2 Å². The second-order valence-electron chi connectivity index (χ2n) is 5.39. The van der Waals surface area contributed by atoms with Gasteiger partial charge in [-0.15, -0.1) is 0 Å². The zero-order chi connectivity index (χ0) is 18.9. The third-order valence-electron chi connectivity index (χ3n) is 3.62. The number of hydrogen-bond acceptors (Lipinski definition) is 4. The number of ketones is 1. The van der Waals surface area contributed by atoms with Crippen molar-refractivity contribution in [1.29, 1.82) is 0 Å². The van der Waals surface area contributed by atoms with E-state index in [9.17, 15) is 31.5 Å². The molecule has 1 aromatic rings. The summed E-state index contributed by atoms with van der Waals surface area (Å²) >= 11 is 0. The van der Waals surface area contributed by atoms with Crippen molar-refractivity contribution in [1.82, 2.24) is 5.32 Å². The van der Waals surface area contributed by atoms with Crippen molar-refractivity contribution in [2.24, 2.45) is 0 Å². The molecule has 0 radical (unpaired) electrons. The Bertz CT molecular complexity index is 734. The van der Waals surface area contributed by atoms with Crippen LogP contribution in [0.4, 0.5) is 22.0 Å². The quantitative estimate of drug-likeness (QED) is 0.123. The largest absolute Gasteiger partial charge is 0.462 e. The van der Waals surface area contributed by atoms with Crippen molar-refractivity contribution < 1.29 is 36.3 Å². The van der Waals surface area contributed by atoms with Gasteiger partial charge in [-0.3, -0.25) is 4.79 Å². The fourth-order valence-electron chi connectivity index (χ4n) is 2.10. The van der Waals surface area contributed by atoms with Gasteiger partial charge in [0.1, 0.15) is 11.7 Å². The van der Waals surface area contributed by atoms with Gasteiger partial charge in [0.2, 0.25) is 5.78 Å². The standard InChI is InChI=1S/C16H14F5NO3/c1-3-25-16(24)7(5-22-9-4-8(9)17)15(23)10-6(2)11(18)13(20)14(21)12(10)19/h5,8-9,22H,3-4H2,1-2H3/t8-,9+/m0/s1. The highest BCUT2D eigenvalue weighted by Crippen LogP contribution is 2.27. The number of ether oxygens (including phenoxy) is 1. The summed E-state index contributed by atoms with van der Waals surface area (Å²) in [4.78, 5) is 24.3. The molecule has 25 heavy (non-hydrogen) atoms. The van der Waals surface area contributed by atoms with Crippen LogP contribution in [0, 0.1) is 30.2 Å². The summed E-state index contributed by atoms with van der Waals surface area (Å²) in [7, 11) is 0. The summed E-state index contributed by atoms with van der Waals surface area (Å²) in [5.74, 6) is -10.5. The fourth-order valence-corrected chi connectivity index (χ4v) is 2.10. The lowest BCUT2D eigenvalue weighted by Gasteiger charge is -2.12. The van der Waals surface area contributed by atoms with Crippen LogP contribution >= 0.6 is 0 Å². The Labute approximate surface area is 139 Å². The molecule has 0 spiro atoms. The molecule has 0 aromatic heterocycles. The van der Waals surface area contributed by atoms with E-state index in [1.807, 2.05) is 0 Å². The number of Topliss-reactive ketones (excluding diaryl/α,β-unsaturated/α-hetero) is 1. The van der Waals surface area contributed by atoms with Crippen LogP contribution in [0.25, 0.3) is 0 Å². The van der Waals surface area contributed by atoms with E-state index in [0.29, 0.717) is 0 Å². The molecule has 2 rings (SSSR count). The number of carbonyl (C=O) groups is 2. The third-order valence-corrected chi connectivity index (χ3v) is 3.62. The molecular formula is C16H14F5NO3. The highest BCUT2D eigenvalue weighted by molar-refractivity contribution is 6.24. The maximum absolute atomic E-state index is 14.0. The number of esters is 1. The van der Waals surface area contributed by atoms with Gasteiger partial charge in [-0.05, 0) is 13.8 Å². The van der Waals surface area contributed by atoms with Crippen LogP contribution in [0.5, 0.6) is 0 Å². The SMILES string of the molecule is CCOC(=O)C(=CN[C@@H]1C[C@@H]1F)C(=O)c1c(C)c(F)c(F)c(F)c1F. The van der Waals surface area contributed by atoms with Gasteiger partial charge >= 0.3 is 5.97 Å². The molecule has 9 heteroatoms. The predicted octanol–water partition coefficient (Wildman–Crippen LogP) is 2.88. The Balaban J connectivity index is 2.48. The van der Waals surface area contributed by atoms with Crippen LogP contribution in [-0.4, -0.2) is 30.6 Å². The summed E-state index contributed by atoms with van der Waals surface area (Å²) in [5, 5.41) is 2.43. The molecule has 0 amide bonds. The second kappa shape index (κ2) is 7.20. The average molecular weight is 363 g/mol. The zero-order valence-corrected chi connectivity index (χ0v) is 13.3. The number of alkyl halides is 1. The molecule has 1 aliphatic rings. The van der Waals surface area contributed by atoms with Gasteiger partial charge in [-0.2, -0.15) is 0 Å². The summed E-state index contributed by atoms with van der Waals surface area (Å²) < 4.78 is 71.8. The first-order chi connectivity index (χ1) is 11.7. The predicted molar refractivity (Wildman–Crippen MR) is 76.5 cm³/mol. The van der Waals surface area contributed by atoms with Gasteiger partial charge in [0.15, 0.2) is 23.3 Å². The Kier molecular flexibility index (Phi) is 5.44. The van der Waals surface area contributed by atoms with Crippen LogP contribution in [0.3, 0.4) is 0 Å². The van der Waals surface area contributed by atoms with Gasteiger partial charge in [0.25, 0.3) is 0 Å². The van der Waals surface area contributed by atoms with E-state index in [-0.39, 0.29) is 13.0 Å². The maximum Gasteiger partial charge on any atom is 0.343 e. The highest BCUT2D eigenvalue weighted by atomic mass is 19.2. The molecule has 1 fully saturated rings. The lowest BCUT2D eigenvalue weighted by Crippen LogP contribution is -2.23. The molecule has 1 aromatic carbocycles. The van der Waals surface area contributed by atoms with Crippen LogP contribution in [0.1, 0.15) is 29.3 Å². The van der Waals surface area contributed by atoms with Gasteiger partial charge in [-0.25, -0.2) is 26.7 Å². The van der Waals surface area contributed by atoms with Crippen LogP contribution in [0.2, 0.25) is 0 Å². The smallest absolute Gasteiger partial charge is 0.343 e. The monoisotopic (exact) mass is 363 g/mol. The molecule has 1 aliphatic carbocycles. The number of halogens is 5. The topological polar surface area (TPSA) is 55.4 Å². The minimum atomic E-state index is -2.17. The highest BCUT2D eigenvalue weighted by Gasteiger charge is 2.37. The summed E-state index contributed by atoms with van der Waals surface area (Å²) in [6.07, 6.45) is -0.217. The molecule has 0 heterocycles. The molecule has 0 bridgehead atoms. The lowest BCUT2D eigenvalue weighted by atomic mass is 9.97. The number of rotatable bonds is 6. The number of nitrogens with one attached hydrogen (secondary N) is 1. The van der Waals surface area contributed by atoms with Crippen molar-refractivity contribution >= 4 is 11.8 Å². The van der Waals surface area contributed by atoms with Gasteiger partial charge < -0.3 is 10.1 Å². The third kappa shape index (κ3) is 3.64. The van der Waals surface area contributed by atoms with E-state index in [1.54, 1.807) is 0 Å². The minimum Gasteiger partial charge on any atom is -0.462 e. The lowest BCUT2D eigenvalue weighted by molar-refractivity contribution is -0.138.